The van der Waals surface area contributed by atoms with Crippen LogP contribution in [0.4, 0.5) is 0 Å². The van der Waals surface area contributed by atoms with Crippen LogP contribution in [0.2, 0.25) is 0 Å². The first kappa shape index (κ1) is 15.9. The molecule has 3 nitrogen and oxygen atoms in total. The van der Waals surface area contributed by atoms with Crippen LogP contribution < -0.4 is 5.32 Å². The van der Waals surface area contributed by atoms with Crippen LogP contribution in [0.1, 0.15) is 71.1 Å². The summed E-state index contributed by atoms with van der Waals surface area (Å²) in [6, 6.07) is 0. The lowest BCUT2D eigenvalue weighted by atomic mass is 10.0. The maximum atomic E-state index is 11.3. The van der Waals surface area contributed by atoms with Crippen molar-refractivity contribution in [2.45, 2.75) is 71.1 Å². The summed E-state index contributed by atoms with van der Waals surface area (Å²) in [5.74, 6) is -0.362. The molecule has 1 N–H and O–H groups in total. The van der Waals surface area contributed by atoms with Crippen LogP contribution in [0, 0.1) is 5.92 Å². The summed E-state index contributed by atoms with van der Waals surface area (Å²) < 4.78 is 0. The quantitative estimate of drug-likeness (QED) is 0.371. The van der Waals surface area contributed by atoms with Gasteiger partial charge in [0, 0.05) is 6.42 Å². The molecule has 2 amide bonds. The third-order valence-electron chi connectivity index (χ3n) is 3.63. The summed E-state index contributed by atoms with van der Waals surface area (Å²) in [6.45, 7) is 2.24. The Morgan fingerprint density at radius 2 is 1.74 bits per heavy atom. The summed E-state index contributed by atoms with van der Waals surface area (Å²) in [4.78, 5) is 22.3. The molecule has 1 aliphatic heterocycles. The minimum atomic E-state index is -0.129. The van der Waals surface area contributed by atoms with Crippen molar-refractivity contribution in [2.75, 3.05) is 0 Å². The Labute approximate surface area is 116 Å². The first-order valence-corrected chi connectivity index (χ1v) is 7.72. The van der Waals surface area contributed by atoms with E-state index in [2.05, 4.69) is 24.4 Å². The van der Waals surface area contributed by atoms with Crippen LogP contribution in [0.3, 0.4) is 0 Å². The predicted molar refractivity (Wildman–Crippen MR) is 77.6 cm³/mol. The van der Waals surface area contributed by atoms with E-state index in [1.165, 1.54) is 44.9 Å². The molecule has 1 unspecified atom stereocenters. The standard InChI is InChI=1S/C16H27NO2/c1-2-3-4-5-6-7-8-9-10-11-12-14-13-15(18)17-16(14)19/h10-11,14H,2-9,12-13H2,1H3,(H,17,18,19). The van der Waals surface area contributed by atoms with Gasteiger partial charge in [-0.05, 0) is 19.3 Å². The van der Waals surface area contributed by atoms with Crippen LogP contribution >= 0.6 is 0 Å². The summed E-state index contributed by atoms with van der Waals surface area (Å²) in [6.07, 6.45) is 15.6. The van der Waals surface area contributed by atoms with E-state index in [4.69, 9.17) is 0 Å². The monoisotopic (exact) mass is 265 g/mol. The van der Waals surface area contributed by atoms with Gasteiger partial charge in [0.05, 0.1) is 5.92 Å². The zero-order valence-electron chi connectivity index (χ0n) is 12.1. The average Bonchev–Trinajstić information content (AvgIpc) is 2.70. The molecule has 0 radical (unpaired) electrons. The number of carbonyl (C=O) groups excluding carboxylic acids is 2. The van der Waals surface area contributed by atoms with E-state index in [9.17, 15) is 9.59 Å². The second-order valence-corrected chi connectivity index (χ2v) is 5.43. The zero-order valence-corrected chi connectivity index (χ0v) is 12.1. The van der Waals surface area contributed by atoms with Crippen molar-refractivity contribution in [3.8, 4) is 0 Å². The molecular weight excluding hydrogens is 238 g/mol. The minimum Gasteiger partial charge on any atom is -0.296 e. The van der Waals surface area contributed by atoms with Crippen molar-refractivity contribution in [1.82, 2.24) is 5.32 Å². The molecule has 1 rings (SSSR count). The number of unbranched alkanes of at least 4 members (excludes halogenated alkanes) is 7. The van der Waals surface area contributed by atoms with Gasteiger partial charge in [-0.15, -0.1) is 0 Å². The molecule has 0 aromatic rings. The fourth-order valence-electron chi connectivity index (χ4n) is 2.40. The minimum absolute atomic E-state index is 0.106. The number of allylic oxidation sites excluding steroid dienone is 2. The van der Waals surface area contributed by atoms with E-state index in [1.807, 2.05) is 0 Å². The molecule has 0 aromatic heterocycles. The molecular formula is C16H27NO2. The summed E-state index contributed by atoms with van der Waals surface area (Å²) in [7, 11) is 0. The van der Waals surface area contributed by atoms with E-state index >= 15 is 0 Å². The lowest BCUT2D eigenvalue weighted by molar-refractivity contribution is -0.125. The van der Waals surface area contributed by atoms with E-state index < -0.39 is 0 Å². The molecule has 1 atom stereocenters. The van der Waals surface area contributed by atoms with Gasteiger partial charge in [-0.25, -0.2) is 0 Å². The van der Waals surface area contributed by atoms with Crippen LogP contribution in [0.25, 0.3) is 0 Å². The molecule has 0 spiro atoms. The highest BCUT2D eigenvalue weighted by Crippen LogP contribution is 2.16. The Bertz CT molecular complexity index is 310. The van der Waals surface area contributed by atoms with Crippen molar-refractivity contribution < 1.29 is 9.59 Å². The predicted octanol–water partition coefficient (Wildman–Crippen LogP) is 3.74. The Balaban J connectivity index is 1.93. The summed E-state index contributed by atoms with van der Waals surface area (Å²) in [5.41, 5.74) is 0. The van der Waals surface area contributed by atoms with Crippen molar-refractivity contribution in [1.29, 1.82) is 0 Å². The molecule has 0 bridgehead atoms. The van der Waals surface area contributed by atoms with E-state index in [-0.39, 0.29) is 17.7 Å². The lowest BCUT2D eigenvalue weighted by Crippen LogP contribution is -2.21. The average molecular weight is 265 g/mol. The highest BCUT2D eigenvalue weighted by atomic mass is 16.2. The van der Waals surface area contributed by atoms with Crippen molar-refractivity contribution in [3.05, 3.63) is 12.2 Å². The second kappa shape index (κ2) is 9.76. The Morgan fingerprint density at radius 1 is 1.05 bits per heavy atom. The van der Waals surface area contributed by atoms with Gasteiger partial charge >= 0.3 is 0 Å². The number of hydrogen-bond donors (Lipinski definition) is 1. The Hall–Kier alpha value is -1.12. The number of carbonyl (C=O) groups is 2. The Kier molecular flexibility index (Phi) is 8.19. The molecule has 0 aliphatic carbocycles. The van der Waals surface area contributed by atoms with Gasteiger partial charge < -0.3 is 0 Å². The third kappa shape index (κ3) is 7.14. The van der Waals surface area contributed by atoms with Gasteiger partial charge in [0.15, 0.2) is 0 Å². The molecule has 1 saturated heterocycles. The maximum absolute atomic E-state index is 11.3. The fourth-order valence-corrected chi connectivity index (χ4v) is 2.40. The van der Waals surface area contributed by atoms with Gasteiger partial charge in [-0.2, -0.15) is 0 Å². The fraction of sp³-hybridized carbons (Fsp3) is 0.750. The largest absolute Gasteiger partial charge is 0.296 e. The topological polar surface area (TPSA) is 46.2 Å². The first-order valence-electron chi connectivity index (χ1n) is 7.72. The van der Waals surface area contributed by atoms with Crippen LogP contribution in [0.15, 0.2) is 12.2 Å². The van der Waals surface area contributed by atoms with Crippen molar-refractivity contribution in [3.63, 3.8) is 0 Å². The number of imide groups is 1. The second-order valence-electron chi connectivity index (χ2n) is 5.43. The molecule has 1 heterocycles. The first-order chi connectivity index (χ1) is 9.24. The molecule has 0 saturated carbocycles. The Morgan fingerprint density at radius 3 is 2.37 bits per heavy atom. The molecule has 1 fully saturated rings. The molecule has 1 aliphatic rings. The molecule has 3 heteroatoms. The highest BCUT2D eigenvalue weighted by Gasteiger charge is 2.28. The van der Waals surface area contributed by atoms with Crippen molar-refractivity contribution >= 4 is 11.8 Å². The van der Waals surface area contributed by atoms with E-state index in [1.54, 1.807) is 0 Å². The van der Waals surface area contributed by atoms with Gasteiger partial charge in [0.1, 0.15) is 0 Å². The van der Waals surface area contributed by atoms with Gasteiger partial charge in [-0.3, -0.25) is 14.9 Å². The van der Waals surface area contributed by atoms with Gasteiger partial charge in [0.2, 0.25) is 11.8 Å². The molecule has 108 valence electrons. The number of amides is 2. The zero-order chi connectivity index (χ0) is 13.9. The number of nitrogens with one attached hydrogen (secondary N) is 1. The lowest BCUT2D eigenvalue weighted by Gasteiger charge is -2.00. The molecule has 0 aromatic carbocycles. The smallest absolute Gasteiger partial charge is 0.230 e. The normalized spacial score (nSPS) is 19.3. The van der Waals surface area contributed by atoms with Gasteiger partial charge in [0.25, 0.3) is 0 Å². The van der Waals surface area contributed by atoms with Crippen LogP contribution in [-0.2, 0) is 9.59 Å². The van der Waals surface area contributed by atoms with E-state index in [0.29, 0.717) is 12.8 Å². The number of hydrogen-bond acceptors (Lipinski definition) is 2. The van der Waals surface area contributed by atoms with Crippen LogP contribution in [0.5, 0.6) is 0 Å². The van der Waals surface area contributed by atoms with Crippen LogP contribution in [-0.4, -0.2) is 11.8 Å². The molecule has 19 heavy (non-hydrogen) atoms. The third-order valence-corrected chi connectivity index (χ3v) is 3.63. The maximum Gasteiger partial charge on any atom is 0.230 e. The summed E-state index contributed by atoms with van der Waals surface area (Å²) >= 11 is 0. The van der Waals surface area contributed by atoms with E-state index in [0.717, 1.165) is 6.42 Å². The van der Waals surface area contributed by atoms with Crippen molar-refractivity contribution in [2.24, 2.45) is 5.92 Å². The summed E-state index contributed by atoms with van der Waals surface area (Å²) in [5, 5.41) is 2.34. The highest BCUT2D eigenvalue weighted by molar-refractivity contribution is 6.03. The van der Waals surface area contributed by atoms with Gasteiger partial charge in [-0.1, -0.05) is 57.6 Å². The number of rotatable bonds is 10. The SMILES string of the molecule is CCCCCCCCCC=CCC1CC(=O)NC1=O.